The molecule has 3 rings (SSSR count). The van der Waals surface area contributed by atoms with E-state index in [2.05, 4.69) is 5.32 Å². The summed E-state index contributed by atoms with van der Waals surface area (Å²) < 4.78 is 11.4. The maximum atomic E-state index is 12.5. The molecule has 126 valence electrons. The van der Waals surface area contributed by atoms with Gasteiger partial charge in [-0.2, -0.15) is 0 Å². The van der Waals surface area contributed by atoms with Gasteiger partial charge in [-0.3, -0.25) is 4.79 Å². The first kappa shape index (κ1) is 16.8. The molecule has 0 aliphatic carbocycles. The number of halogens is 1. The van der Waals surface area contributed by atoms with Gasteiger partial charge < -0.3 is 14.8 Å². The van der Waals surface area contributed by atoms with E-state index >= 15 is 0 Å². The van der Waals surface area contributed by atoms with Gasteiger partial charge in [0.2, 0.25) is 0 Å². The molecular formula is C19H20ClNO3. The molecule has 1 aliphatic rings. The van der Waals surface area contributed by atoms with Crippen molar-refractivity contribution in [2.24, 2.45) is 0 Å². The molecule has 1 saturated heterocycles. The van der Waals surface area contributed by atoms with Gasteiger partial charge in [0.05, 0.1) is 11.7 Å². The molecule has 1 N–H and O–H groups in total. The number of amides is 1. The number of hydrogen-bond donors (Lipinski definition) is 1. The highest BCUT2D eigenvalue weighted by Crippen LogP contribution is 2.20. The van der Waals surface area contributed by atoms with Gasteiger partial charge in [-0.15, -0.1) is 0 Å². The maximum Gasteiger partial charge on any atom is 0.255 e. The minimum atomic E-state index is -0.169. The fourth-order valence-electron chi connectivity index (χ4n) is 2.66. The first-order valence-corrected chi connectivity index (χ1v) is 8.46. The summed E-state index contributed by atoms with van der Waals surface area (Å²) in [6.45, 7) is 1.67. The molecule has 5 heteroatoms. The number of carbonyl (C=O) groups is 1. The summed E-state index contributed by atoms with van der Waals surface area (Å²) >= 11 is 5.96. The molecule has 0 radical (unpaired) electrons. The Morgan fingerprint density at radius 2 is 2.12 bits per heavy atom. The normalized spacial score (nSPS) is 16.8. The third kappa shape index (κ3) is 4.49. The highest BCUT2D eigenvalue weighted by Gasteiger charge is 2.18. The second-order valence-electron chi connectivity index (χ2n) is 5.75. The van der Waals surface area contributed by atoms with E-state index in [0.717, 1.165) is 25.0 Å². The lowest BCUT2D eigenvalue weighted by atomic mass is 10.1. The molecule has 1 amide bonds. The zero-order chi connectivity index (χ0) is 16.8. The first-order chi connectivity index (χ1) is 11.7. The molecule has 1 heterocycles. The fourth-order valence-corrected chi connectivity index (χ4v) is 2.88. The van der Waals surface area contributed by atoms with Crippen LogP contribution < -0.4 is 10.1 Å². The monoisotopic (exact) mass is 345 g/mol. The molecule has 2 aromatic rings. The number of para-hydroxylation sites is 1. The van der Waals surface area contributed by atoms with Crippen molar-refractivity contribution >= 4 is 17.5 Å². The standard InChI is InChI=1S/C19H20ClNO3/c20-15-6-3-5-14(11-15)12-21-19(22)17-8-1-2-9-18(17)24-13-16-7-4-10-23-16/h1-3,5-6,8-9,11,16H,4,7,10,12-13H2,(H,21,22). The van der Waals surface area contributed by atoms with Gasteiger partial charge in [0.25, 0.3) is 5.91 Å². The van der Waals surface area contributed by atoms with E-state index in [0.29, 0.717) is 29.5 Å². The van der Waals surface area contributed by atoms with Gasteiger partial charge in [0, 0.05) is 18.2 Å². The van der Waals surface area contributed by atoms with Crippen LogP contribution in [0.3, 0.4) is 0 Å². The summed E-state index contributed by atoms with van der Waals surface area (Å²) in [5.74, 6) is 0.412. The van der Waals surface area contributed by atoms with Crippen molar-refractivity contribution in [1.29, 1.82) is 0 Å². The third-order valence-corrected chi connectivity index (χ3v) is 4.16. The number of carbonyl (C=O) groups excluding carboxylic acids is 1. The van der Waals surface area contributed by atoms with Gasteiger partial charge in [0.15, 0.2) is 0 Å². The number of rotatable bonds is 6. The minimum absolute atomic E-state index is 0.118. The maximum absolute atomic E-state index is 12.5. The number of nitrogens with one attached hydrogen (secondary N) is 1. The lowest BCUT2D eigenvalue weighted by molar-refractivity contribution is 0.0670. The molecule has 1 atom stereocenters. The van der Waals surface area contributed by atoms with Crippen LogP contribution in [0, 0.1) is 0 Å². The third-order valence-electron chi connectivity index (χ3n) is 3.92. The van der Waals surface area contributed by atoms with E-state index < -0.39 is 0 Å². The summed E-state index contributed by atoms with van der Waals surface area (Å²) in [4.78, 5) is 12.5. The van der Waals surface area contributed by atoms with Crippen LogP contribution in [-0.4, -0.2) is 25.2 Å². The van der Waals surface area contributed by atoms with Crippen LogP contribution in [0.5, 0.6) is 5.75 Å². The Morgan fingerprint density at radius 1 is 1.25 bits per heavy atom. The summed E-state index contributed by atoms with van der Waals surface area (Å²) in [7, 11) is 0. The van der Waals surface area contributed by atoms with Crippen LogP contribution >= 0.6 is 11.6 Å². The summed E-state index contributed by atoms with van der Waals surface area (Å²) in [6, 6.07) is 14.7. The Morgan fingerprint density at radius 3 is 2.92 bits per heavy atom. The second kappa shape index (κ2) is 8.18. The molecule has 0 saturated carbocycles. The van der Waals surface area contributed by atoms with E-state index in [1.807, 2.05) is 36.4 Å². The number of hydrogen-bond acceptors (Lipinski definition) is 3. The van der Waals surface area contributed by atoms with E-state index in [4.69, 9.17) is 21.1 Å². The number of benzene rings is 2. The van der Waals surface area contributed by atoms with Gasteiger partial charge in [-0.05, 0) is 42.7 Å². The average molecular weight is 346 g/mol. The summed E-state index contributed by atoms with van der Waals surface area (Å²) in [5, 5.41) is 3.56. The summed E-state index contributed by atoms with van der Waals surface area (Å²) in [6.07, 6.45) is 2.19. The highest BCUT2D eigenvalue weighted by molar-refractivity contribution is 6.30. The van der Waals surface area contributed by atoms with Gasteiger partial charge >= 0.3 is 0 Å². The largest absolute Gasteiger partial charge is 0.490 e. The molecule has 0 spiro atoms. The summed E-state index contributed by atoms with van der Waals surface area (Å²) in [5.41, 5.74) is 1.48. The molecule has 0 aromatic heterocycles. The SMILES string of the molecule is O=C(NCc1cccc(Cl)c1)c1ccccc1OCC1CCCO1. The molecule has 1 aliphatic heterocycles. The van der Waals surface area contributed by atoms with Crippen molar-refractivity contribution < 1.29 is 14.3 Å². The van der Waals surface area contributed by atoms with Crippen molar-refractivity contribution in [3.63, 3.8) is 0 Å². The average Bonchev–Trinajstić information content (AvgIpc) is 3.12. The lowest BCUT2D eigenvalue weighted by Crippen LogP contribution is -2.24. The fraction of sp³-hybridized carbons (Fsp3) is 0.316. The smallest absolute Gasteiger partial charge is 0.255 e. The van der Waals surface area contributed by atoms with Crippen molar-refractivity contribution in [3.05, 3.63) is 64.7 Å². The van der Waals surface area contributed by atoms with Crippen LogP contribution in [0.4, 0.5) is 0 Å². The molecular weight excluding hydrogens is 326 g/mol. The van der Waals surface area contributed by atoms with E-state index in [1.165, 1.54) is 0 Å². The second-order valence-corrected chi connectivity index (χ2v) is 6.19. The van der Waals surface area contributed by atoms with E-state index in [1.54, 1.807) is 12.1 Å². The highest BCUT2D eigenvalue weighted by atomic mass is 35.5. The quantitative estimate of drug-likeness (QED) is 0.865. The predicted molar refractivity (Wildman–Crippen MR) is 93.5 cm³/mol. The Kier molecular flexibility index (Phi) is 5.72. The Bertz CT molecular complexity index is 699. The topological polar surface area (TPSA) is 47.6 Å². The Hall–Kier alpha value is -2.04. The Balaban J connectivity index is 1.61. The van der Waals surface area contributed by atoms with Crippen LogP contribution in [-0.2, 0) is 11.3 Å². The molecule has 1 fully saturated rings. The number of ether oxygens (including phenoxy) is 2. The van der Waals surface area contributed by atoms with E-state index in [-0.39, 0.29) is 12.0 Å². The molecule has 0 bridgehead atoms. The van der Waals surface area contributed by atoms with Crippen LogP contribution in [0.1, 0.15) is 28.8 Å². The minimum Gasteiger partial charge on any atom is -0.490 e. The molecule has 24 heavy (non-hydrogen) atoms. The van der Waals surface area contributed by atoms with Crippen molar-refractivity contribution in [3.8, 4) is 5.75 Å². The van der Waals surface area contributed by atoms with Crippen LogP contribution in [0.15, 0.2) is 48.5 Å². The van der Waals surface area contributed by atoms with Crippen LogP contribution in [0.2, 0.25) is 5.02 Å². The van der Waals surface area contributed by atoms with Crippen molar-refractivity contribution in [2.45, 2.75) is 25.5 Å². The Labute approximate surface area is 146 Å². The molecule has 1 unspecified atom stereocenters. The van der Waals surface area contributed by atoms with Gasteiger partial charge in [-0.25, -0.2) is 0 Å². The lowest BCUT2D eigenvalue weighted by Gasteiger charge is -2.14. The van der Waals surface area contributed by atoms with Crippen molar-refractivity contribution in [2.75, 3.05) is 13.2 Å². The predicted octanol–water partition coefficient (Wildman–Crippen LogP) is 3.83. The molecule has 2 aromatic carbocycles. The van der Waals surface area contributed by atoms with Gasteiger partial charge in [0.1, 0.15) is 12.4 Å². The zero-order valence-electron chi connectivity index (χ0n) is 13.3. The van der Waals surface area contributed by atoms with Crippen LogP contribution in [0.25, 0.3) is 0 Å². The zero-order valence-corrected chi connectivity index (χ0v) is 14.1. The first-order valence-electron chi connectivity index (χ1n) is 8.08. The van der Waals surface area contributed by atoms with Crippen molar-refractivity contribution in [1.82, 2.24) is 5.32 Å². The molecule has 4 nitrogen and oxygen atoms in total. The van der Waals surface area contributed by atoms with E-state index in [9.17, 15) is 4.79 Å². The van der Waals surface area contributed by atoms with Gasteiger partial charge in [-0.1, -0.05) is 35.9 Å².